The second-order valence-corrected chi connectivity index (χ2v) is 9.12. The number of carbonyl (C=O) groups is 1. The second-order valence-electron chi connectivity index (χ2n) is 8.28. The summed E-state index contributed by atoms with van der Waals surface area (Å²) < 4.78 is 8.16. The fourth-order valence-electron chi connectivity index (χ4n) is 4.79. The summed E-state index contributed by atoms with van der Waals surface area (Å²) in [6, 6.07) is 21.4. The number of hydrogen-bond donors (Lipinski definition) is 0. The molecule has 2 aliphatic heterocycles. The molecule has 0 spiro atoms. The Morgan fingerprint density at radius 1 is 1.03 bits per heavy atom. The number of hydrogen-bond acceptors (Lipinski definition) is 4. The fraction of sp³-hybridized carbons (Fsp3) is 0.154. The first-order valence-electron chi connectivity index (χ1n) is 10.7. The zero-order valence-corrected chi connectivity index (χ0v) is 19.2. The van der Waals surface area contributed by atoms with Crippen molar-refractivity contribution < 1.29 is 9.53 Å². The maximum atomic E-state index is 12.4. The molecule has 0 fully saturated rings. The van der Waals surface area contributed by atoms with Crippen molar-refractivity contribution >= 4 is 45.7 Å². The van der Waals surface area contributed by atoms with Gasteiger partial charge in [-0.1, -0.05) is 71.7 Å². The van der Waals surface area contributed by atoms with Gasteiger partial charge in [0.2, 0.25) is 12.1 Å². The van der Waals surface area contributed by atoms with Crippen LogP contribution < -0.4 is 4.74 Å². The molecule has 7 heteroatoms. The van der Waals surface area contributed by atoms with Crippen molar-refractivity contribution in [2.75, 3.05) is 0 Å². The molecule has 3 aromatic carbocycles. The molecule has 5 nitrogen and oxygen atoms in total. The van der Waals surface area contributed by atoms with E-state index in [9.17, 15) is 4.79 Å². The molecule has 2 aliphatic rings. The van der Waals surface area contributed by atoms with Gasteiger partial charge < -0.3 is 4.74 Å². The summed E-state index contributed by atoms with van der Waals surface area (Å²) >= 11 is 13.0. The van der Waals surface area contributed by atoms with E-state index in [-0.39, 0.29) is 11.9 Å². The highest BCUT2D eigenvalue weighted by atomic mass is 35.5. The number of rotatable bonds is 2. The SMILES string of the molecule is CC(=O)n1cc(C2Oc3c(Cl)cc(Cl)cc3C3CC(c4ccccc4)=NN32)c2ccccc21. The highest BCUT2D eigenvalue weighted by molar-refractivity contribution is 6.35. The van der Waals surface area contributed by atoms with E-state index in [4.69, 9.17) is 33.0 Å². The van der Waals surface area contributed by atoms with Crippen molar-refractivity contribution in [3.8, 4) is 5.75 Å². The Hall–Kier alpha value is -3.28. The van der Waals surface area contributed by atoms with E-state index in [1.807, 2.05) is 59.7 Å². The minimum atomic E-state index is -0.548. The lowest BCUT2D eigenvalue weighted by Crippen LogP contribution is -2.33. The summed E-state index contributed by atoms with van der Waals surface area (Å²) in [5.41, 5.74) is 4.63. The highest BCUT2D eigenvalue weighted by Gasteiger charge is 2.43. The number of halogens is 2. The number of hydrazone groups is 1. The van der Waals surface area contributed by atoms with Crippen LogP contribution in [0.4, 0.5) is 0 Å². The Balaban J connectivity index is 1.56. The number of ether oxygens (including phenoxy) is 1. The van der Waals surface area contributed by atoms with E-state index >= 15 is 0 Å². The summed E-state index contributed by atoms with van der Waals surface area (Å²) in [5, 5.41) is 8.94. The summed E-state index contributed by atoms with van der Waals surface area (Å²) in [5.74, 6) is 0.543. The minimum Gasteiger partial charge on any atom is -0.463 e. The first-order chi connectivity index (χ1) is 16.0. The van der Waals surface area contributed by atoms with E-state index in [0.29, 0.717) is 22.2 Å². The molecule has 0 N–H and O–H groups in total. The third-order valence-corrected chi connectivity index (χ3v) is 6.76. The molecular formula is C26H19Cl2N3O2. The van der Waals surface area contributed by atoms with Crippen LogP contribution >= 0.6 is 23.2 Å². The van der Waals surface area contributed by atoms with Gasteiger partial charge in [0.05, 0.1) is 22.3 Å². The molecular weight excluding hydrogens is 457 g/mol. The van der Waals surface area contributed by atoms with Crippen LogP contribution in [0.2, 0.25) is 10.0 Å². The first-order valence-corrected chi connectivity index (χ1v) is 11.4. The van der Waals surface area contributed by atoms with Crippen molar-refractivity contribution in [2.24, 2.45) is 5.10 Å². The molecule has 0 radical (unpaired) electrons. The van der Waals surface area contributed by atoms with Crippen molar-refractivity contribution in [1.29, 1.82) is 0 Å². The Morgan fingerprint density at radius 2 is 1.79 bits per heavy atom. The predicted molar refractivity (Wildman–Crippen MR) is 130 cm³/mol. The van der Waals surface area contributed by atoms with Gasteiger partial charge in [-0.3, -0.25) is 9.36 Å². The molecule has 2 atom stereocenters. The third kappa shape index (κ3) is 3.23. The number of fused-ring (bicyclic) bond motifs is 4. The van der Waals surface area contributed by atoms with Crippen molar-refractivity contribution in [3.63, 3.8) is 0 Å². The first kappa shape index (κ1) is 20.3. The molecule has 0 saturated carbocycles. The van der Waals surface area contributed by atoms with Gasteiger partial charge in [0.25, 0.3) is 0 Å². The molecule has 2 unspecified atom stereocenters. The highest BCUT2D eigenvalue weighted by Crippen LogP contribution is 2.51. The van der Waals surface area contributed by atoms with Gasteiger partial charge in [-0.2, -0.15) is 5.10 Å². The van der Waals surface area contributed by atoms with Gasteiger partial charge in [-0.05, 0) is 23.8 Å². The molecule has 33 heavy (non-hydrogen) atoms. The Morgan fingerprint density at radius 3 is 2.58 bits per heavy atom. The van der Waals surface area contributed by atoms with Crippen molar-refractivity contribution in [2.45, 2.75) is 25.6 Å². The smallest absolute Gasteiger partial charge is 0.227 e. The van der Waals surface area contributed by atoms with Crippen LogP contribution in [-0.4, -0.2) is 21.2 Å². The minimum absolute atomic E-state index is 0.0649. The molecule has 1 aromatic heterocycles. The molecule has 0 bridgehead atoms. The van der Waals surface area contributed by atoms with Crippen LogP contribution in [-0.2, 0) is 0 Å². The van der Waals surface area contributed by atoms with E-state index in [1.165, 1.54) is 0 Å². The topological polar surface area (TPSA) is 46.8 Å². The predicted octanol–water partition coefficient (Wildman–Crippen LogP) is 6.85. The average Bonchev–Trinajstić information content (AvgIpc) is 3.42. The Kier molecular flexibility index (Phi) is 4.71. The lowest BCUT2D eigenvalue weighted by atomic mass is 9.96. The van der Waals surface area contributed by atoms with Crippen LogP contribution in [0.1, 0.15) is 47.1 Å². The summed E-state index contributed by atoms with van der Waals surface area (Å²) in [7, 11) is 0. The number of benzene rings is 3. The third-order valence-electron chi connectivity index (χ3n) is 6.26. The Labute approximate surface area is 200 Å². The summed E-state index contributed by atoms with van der Waals surface area (Å²) in [4.78, 5) is 12.4. The number of para-hydroxylation sites is 1. The van der Waals surface area contributed by atoms with Gasteiger partial charge in [0.15, 0.2) is 0 Å². The molecule has 3 heterocycles. The van der Waals surface area contributed by atoms with Crippen LogP contribution in [0.3, 0.4) is 0 Å². The van der Waals surface area contributed by atoms with Crippen LogP contribution in [0, 0.1) is 0 Å². The van der Waals surface area contributed by atoms with E-state index < -0.39 is 6.23 Å². The lowest BCUT2D eigenvalue weighted by Gasteiger charge is -2.38. The standard InChI is InChI=1S/C26H19Cl2N3O2/c1-15(32)30-14-20(18-9-5-6-10-23(18)30)26-31-24(13-22(29-31)16-7-3-2-4-8-16)19-11-17(27)12-21(28)25(19)33-26/h2-12,14,24,26H,13H2,1H3. The summed E-state index contributed by atoms with van der Waals surface area (Å²) in [6.07, 6.45) is 1.99. The maximum absolute atomic E-state index is 12.4. The van der Waals surface area contributed by atoms with Gasteiger partial charge in [0.1, 0.15) is 5.75 Å². The van der Waals surface area contributed by atoms with Gasteiger partial charge in [0, 0.05) is 41.1 Å². The molecule has 0 saturated heterocycles. The van der Waals surface area contributed by atoms with Gasteiger partial charge in [-0.25, -0.2) is 5.01 Å². The second kappa shape index (κ2) is 7.65. The van der Waals surface area contributed by atoms with Crippen LogP contribution in [0.15, 0.2) is 78.0 Å². The molecule has 0 aliphatic carbocycles. The van der Waals surface area contributed by atoms with E-state index in [0.717, 1.165) is 33.3 Å². The van der Waals surface area contributed by atoms with Crippen molar-refractivity contribution in [1.82, 2.24) is 9.58 Å². The molecule has 4 aromatic rings. The van der Waals surface area contributed by atoms with E-state index in [1.54, 1.807) is 17.6 Å². The summed E-state index contributed by atoms with van der Waals surface area (Å²) in [6.45, 7) is 1.55. The number of aromatic nitrogens is 1. The normalized spacial score (nSPS) is 19.1. The van der Waals surface area contributed by atoms with Crippen LogP contribution in [0.5, 0.6) is 5.75 Å². The lowest BCUT2D eigenvalue weighted by molar-refractivity contribution is -0.0180. The Bertz CT molecular complexity index is 1440. The van der Waals surface area contributed by atoms with Crippen molar-refractivity contribution in [3.05, 3.63) is 99.7 Å². The molecule has 164 valence electrons. The zero-order chi connectivity index (χ0) is 22.7. The molecule has 6 rings (SSSR count). The van der Waals surface area contributed by atoms with Gasteiger partial charge in [-0.15, -0.1) is 0 Å². The van der Waals surface area contributed by atoms with Gasteiger partial charge >= 0.3 is 0 Å². The van der Waals surface area contributed by atoms with E-state index in [2.05, 4.69) is 12.1 Å². The quantitative estimate of drug-likeness (QED) is 0.318. The fourth-order valence-corrected chi connectivity index (χ4v) is 5.34. The largest absolute Gasteiger partial charge is 0.463 e. The average molecular weight is 476 g/mol. The molecule has 0 amide bonds. The maximum Gasteiger partial charge on any atom is 0.227 e. The number of carbonyl (C=O) groups excluding carboxylic acids is 1. The monoisotopic (exact) mass is 475 g/mol. The van der Waals surface area contributed by atoms with Crippen LogP contribution in [0.25, 0.3) is 10.9 Å². The zero-order valence-electron chi connectivity index (χ0n) is 17.7. The number of nitrogens with zero attached hydrogens (tertiary/aromatic N) is 3.